The molecule has 0 heterocycles. The first kappa shape index (κ1) is 16.2. The largest absolute Gasteiger partial charge is 0.350 e. The van der Waals surface area contributed by atoms with Gasteiger partial charge in [-0.3, -0.25) is 9.59 Å². The van der Waals surface area contributed by atoms with Crippen LogP contribution in [0.5, 0.6) is 0 Å². The van der Waals surface area contributed by atoms with Crippen LogP contribution in [0.15, 0.2) is 30.3 Å². The molecule has 1 aromatic carbocycles. The summed E-state index contributed by atoms with van der Waals surface area (Å²) in [6, 6.07) is 9.10. The van der Waals surface area contributed by atoms with Crippen LogP contribution < -0.4 is 5.32 Å². The van der Waals surface area contributed by atoms with Crippen molar-refractivity contribution >= 4 is 11.8 Å². The van der Waals surface area contributed by atoms with E-state index in [1.165, 1.54) is 0 Å². The maximum atomic E-state index is 11.9. The highest BCUT2D eigenvalue weighted by Gasteiger charge is 2.13. The smallest absolute Gasteiger partial charge is 0.251 e. The molecule has 4 heteroatoms. The molecule has 0 saturated heterocycles. The average molecular weight is 276 g/mol. The molecule has 0 spiro atoms. The van der Waals surface area contributed by atoms with Crippen molar-refractivity contribution in [3.8, 4) is 0 Å². The van der Waals surface area contributed by atoms with Gasteiger partial charge in [-0.2, -0.15) is 0 Å². The van der Waals surface area contributed by atoms with Crippen molar-refractivity contribution in [3.05, 3.63) is 35.9 Å². The van der Waals surface area contributed by atoms with Gasteiger partial charge < -0.3 is 10.2 Å². The number of nitrogens with one attached hydrogen (secondary N) is 1. The third-order valence-electron chi connectivity index (χ3n) is 3.32. The van der Waals surface area contributed by atoms with Crippen LogP contribution in [0.1, 0.15) is 44.0 Å². The maximum Gasteiger partial charge on any atom is 0.251 e. The van der Waals surface area contributed by atoms with Crippen molar-refractivity contribution < 1.29 is 9.59 Å². The van der Waals surface area contributed by atoms with Gasteiger partial charge in [0.1, 0.15) is 0 Å². The fraction of sp³-hybridized carbons (Fsp3) is 0.500. The Morgan fingerprint density at radius 2 is 1.75 bits per heavy atom. The fourth-order valence-corrected chi connectivity index (χ4v) is 2.04. The van der Waals surface area contributed by atoms with Crippen LogP contribution in [-0.2, 0) is 4.79 Å². The van der Waals surface area contributed by atoms with Gasteiger partial charge in [0.15, 0.2) is 0 Å². The van der Waals surface area contributed by atoms with Crippen LogP contribution in [0.3, 0.4) is 0 Å². The lowest BCUT2D eigenvalue weighted by Gasteiger charge is -2.20. The number of nitrogens with zero attached hydrogens (tertiary/aromatic N) is 1. The van der Waals surface area contributed by atoms with E-state index in [0.29, 0.717) is 18.4 Å². The number of benzene rings is 1. The van der Waals surface area contributed by atoms with E-state index in [1.54, 1.807) is 12.1 Å². The van der Waals surface area contributed by atoms with Crippen LogP contribution in [0.25, 0.3) is 0 Å². The summed E-state index contributed by atoms with van der Waals surface area (Å²) in [4.78, 5) is 25.6. The molecule has 2 amide bonds. The van der Waals surface area contributed by atoms with E-state index < -0.39 is 0 Å². The Hall–Kier alpha value is -1.84. The summed E-state index contributed by atoms with van der Waals surface area (Å²) in [5, 5.41) is 2.92. The summed E-state index contributed by atoms with van der Waals surface area (Å²) in [7, 11) is 0. The molecule has 1 unspecified atom stereocenters. The Morgan fingerprint density at radius 1 is 1.15 bits per heavy atom. The first-order chi connectivity index (χ1) is 9.58. The second-order valence-electron chi connectivity index (χ2n) is 4.85. The highest BCUT2D eigenvalue weighted by Crippen LogP contribution is 2.04. The van der Waals surface area contributed by atoms with Gasteiger partial charge in [-0.1, -0.05) is 18.2 Å². The number of rotatable bonds is 7. The highest BCUT2D eigenvalue weighted by atomic mass is 16.2. The number of carbonyl (C=O) groups is 2. The predicted octanol–water partition coefficient (Wildman–Crippen LogP) is 2.45. The topological polar surface area (TPSA) is 49.4 Å². The van der Waals surface area contributed by atoms with Crippen LogP contribution in [0, 0.1) is 0 Å². The summed E-state index contributed by atoms with van der Waals surface area (Å²) in [5.41, 5.74) is 0.648. The zero-order valence-corrected chi connectivity index (χ0v) is 12.6. The molecule has 0 aliphatic heterocycles. The molecule has 1 aromatic rings. The van der Waals surface area contributed by atoms with Gasteiger partial charge in [0.05, 0.1) is 0 Å². The van der Waals surface area contributed by atoms with E-state index in [1.807, 2.05) is 43.9 Å². The van der Waals surface area contributed by atoms with Crippen molar-refractivity contribution in [2.75, 3.05) is 13.1 Å². The first-order valence-electron chi connectivity index (χ1n) is 7.22. The van der Waals surface area contributed by atoms with Gasteiger partial charge in [0.2, 0.25) is 5.91 Å². The van der Waals surface area contributed by atoms with Gasteiger partial charge in [-0.15, -0.1) is 0 Å². The molecule has 20 heavy (non-hydrogen) atoms. The summed E-state index contributed by atoms with van der Waals surface area (Å²) >= 11 is 0. The third-order valence-corrected chi connectivity index (χ3v) is 3.32. The molecule has 0 bridgehead atoms. The van der Waals surface area contributed by atoms with E-state index >= 15 is 0 Å². The molecule has 1 N–H and O–H groups in total. The van der Waals surface area contributed by atoms with Crippen LogP contribution in [-0.4, -0.2) is 35.8 Å². The minimum Gasteiger partial charge on any atom is -0.350 e. The van der Waals surface area contributed by atoms with Crippen molar-refractivity contribution in [3.63, 3.8) is 0 Å². The Labute approximate surface area is 121 Å². The van der Waals surface area contributed by atoms with E-state index in [0.717, 1.165) is 13.1 Å². The van der Waals surface area contributed by atoms with Gasteiger partial charge in [-0.25, -0.2) is 0 Å². The van der Waals surface area contributed by atoms with E-state index in [9.17, 15) is 9.59 Å². The van der Waals surface area contributed by atoms with Gasteiger partial charge in [0.25, 0.3) is 5.91 Å². The Kier molecular flexibility index (Phi) is 6.77. The normalized spacial score (nSPS) is 11.8. The molecule has 4 nitrogen and oxygen atoms in total. The molecule has 1 atom stereocenters. The van der Waals surface area contributed by atoms with E-state index in [4.69, 9.17) is 0 Å². The summed E-state index contributed by atoms with van der Waals surface area (Å²) in [6.07, 6.45) is 1.13. The van der Waals surface area contributed by atoms with E-state index in [-0.39, 0.29) is 17.9 Å². The minimum absolute atomic E-state index is 0.0118. The molecule has 0 aliphatic carbocycles. The van der Waals surface area contributed by atoms with Crippen LogP contribution >= 0.6 is 0 Å². The Bertz CT molecular complexity index is 427. The van der Waals surface area contributed by atoms with Crippen molar-refractivity contribution in [2.24, 2.45) is 0 Å². The molecule has 110 valence electrons. The molecular weight excluding hydrogens is 252 g/mol. The number of carbonyl (C=O) groups excluding carboxylic acids is 2. The number of amides is 2. The second kappa shape index (κ2) is 8.35. The van der Waals surface area contributed by atoms with Crippen LogP contribution in [0.4, 0.5) is 0 Å². The van der Waals surface area contributed by atoms with Crippen molar-refractivity contribution in [2.45, 2.75) is 39.7 Å². The molecule has 1 rings (SSSR count). The second-order valence-corrected chi connectivity index (χ2v) is 4.85. The zero-order valence-electron chi connectivity index (χ0n) is 12.6. The Balaban J connectivity index is 2.39. The fourth-order valence-electron chi connectivity index (χ4n) is 2.04. The highest BCUT2D eigenvalue weighted by molar-refractivity contribution is 5.94. The molecular formula is C16H24N2O2. The number of hydrogen-bond acceptors (Lipinski definition) is 2. The molecule has 0 aromatic heterocycles. The predicted molar refractivity (Wildman–Crippen MR) is 80.5 cm³/mol. The van der Waals surface area contributed by atoms with Gasteiger partial charge >= 0.3 is 0 Å². The lowest BCUT2D eigenvalue weighted by molar-refractivity contribution is -0.131. The molecule has 0 saturated carbocycles. The standard InChI is InChI=1S/C16H24N2O2/c1-4-18(5-2)15(19)12-11-13(3)17-16(20)14-9-7-6-8-10-14/h6-10,13H,4-5,11-12H2,1-3H3,(H,17,20). The Morgan fingerprint density at radius 3 is 2.30 bits per heavy atom. The lowest BCUT2D eigenvalue weighted by atomic mass is 10.1. The first-order valence-corrected chi connectivity index (χ1v) is 7.22. The summed E-state index contributed by atoms with van der Waals surface area (Å²) in [6.45, 7) is 7.35. The molecule has 0 aliphatic rings. The third kappa shape index (κ3) is 5.03. The lowest BCUT2D eigenvalue weighted by Crippen LogP contribution is -2.35. The maximum absolute atomic E-state index is 11.9. The van der Waals surface area contributed by atoms with E-state index in [2.05, 4.69) is 5.32 Å². The summed E-state index contributed by atoms with van der Waals surface area (Å²) in [5.74, 6) is 0.0594. The minimum atomic E-state index is -0.0895. The molecule has 0 radical (unpaired) electrons. The SMILES string of the molecule is CCN(CC)C(=O)CCC(C)NC(=O)c1ccccc1. The van der Waals surface area contributed by atoms with Gasteiger partial charge in [-0.05, 0) is 39.3 Å². The van der Waals surface area contributed by atoms with Crippen LogP contribution in [0.2, 0.25) is 0 Å². The molecule has 0 fully saturated rings. The number of hydrogen-bond donors (Lipinski definition) is 1. The average Bonchev–Trinajstić information content (AvgIpc) is 2.47. The summed E-state index contributed by atoms with van der Waals surface area (Å²) < 4.78 is 0. The van der Waals surface area contributed by atoms with Gasteiger partial charge in [0, 0.05) is 31.1 Å². The monoisotopic (exact) mass is 276 g/mol. The zero-order chi connectivity index (χ0) is 15.0. The van der Waals surface area contributed by atoms with Crippen molar-refractivity contribution in [1.82, 2.24) is 10.2 Å². The van der Waals surface area contributed by atoms with Crippen molar-refractivity contribution in [1.29, 1.82) is 0 Å². The quantitative estimate of drug-likeness (QED) is 0.831.